The highest BCUT2D eigenvalue weighted by molar-refractivity contribution is 6.55. The van der Waals surface area contributed by atoms with E-state index in [0.717, 1.165) is 5.56 Å². The third-order valence-corrected chi connectivity index (χ3v) is 2.78. The first-order valence-corrected chi connectivity index (χ1v) is 6.67. The van der Waals surface area contributed by atoms with E-state index in [4.69, 9.17) is 27.9 Å². The lowest BCUT2D eigenvalue weighted by atomic mass is 9.97. The summed E-state index contributed by atoms with van der Waals surface area (Å²) in [5.41, 5.74) is 0.795. The molecule has 2 nitrogen and oxygen atoms in total. The van der Waals surface area contributed by atoms with Gasteiger partial charge in [-0.05, 0) is 18.6 Å². The Kier molecular flexibility index (Phi) is 6.89. The van der Waals surface area contributed by atoms with Crippen molar-refractivity contribution in [1.29, 1.82) is 0 Å². The van der Waals surface area contributed by atoms with Gasteiger partial charge in [-0.1, -0.05) is 53.5 Å². The number of hydrogen-bond acceptors (Lipinski definition) is 2. The molecule has 0 amide bonds. The molecular weight excluding hydrogens is 290 g/mol. The van der Waals surface area contributed by atoms with Crippen LogP contribution in [0.2, 0.25) is 0 Å². The number of rotatable bonds is 6. The zero-order valence-electron chi connectivity index (χ0n) is 10.5. The van der Waals surface area contributed by atoms with Gasteiger partial charge in [0.15, 0.2) is 0 Å². The van der Waals surface area contributed by atoms with Crippen molar-refractivity contribution in [2.24, 2.45) is 5.92 Å². The maximum Gasteiger partial charge on any atom is 0.315 e. The topological polar surface area (TPSA) is 26.3 Å². The minimum atomic E-state index is -1.44. The summed E-state index contributed by atoms with van der Waals surface area (Å²) in [6.07, 6.45) is -0.162. The number of carbonyl (C=O) groups is 1. The molecule has 0 unspecified atom stereocenters. The minimum Gasteiger partial charge on any atom is -0.465 e. The van der Waals surface area contributed by atoms with E-state index < -0.39 is 18.1 Å². The zero-order valence-corrected chi connectivity index (χ0v) is 12.0. The molecule has 0 radical (unpaired) electrons. The maximum absolute atomic E-state index is 14.2. The van der Waals surface area contributed by atoms with Gasteiger partial charge in [-0.2, -0.15) is 0 Å². The van der Waals surface area contributed by atoms with Crippen LogP contribution in [0.1, 0.15) is 12.5 Å². The molecule has 104 valence electrons. The molecule has 1 aromatic carbocycles. The summed E-state index contributed by atoms with van der Waals surface area (Å²) in [6, 6.07) is 9.05. The van der Waals surface area contributed by atoms with E-state index in [2.05, 4.69) is 0 Å². The van der Waals surface area contributed by atoms with Crippen molar-refractivity contribution in [2.75, 3.05) is 6.61 Å². The van der Waals surface area contributed by atoms with Gasteiger partial charge in [-0.15, -0.1) is 0 Å². The van der Waals surface area contributed by atoms with Gasteiger partial charge in [0.25, 0.3) is 0 Å². The molecule has 0 aliphatic carbocycles. The Balaban J connectivity index is 2.79. The molecule has 0 N–H and O–H groups in total. The highest BCUT2D eigenvalue weighted by Gasteiger charge is 2.28. The Labute approximate surface area is 122 Å². The largest absolute Gasteiger partial charge is 0.465 e. The fraction of sp³-hybridized carbons (Fsp3) is 0.357. The first-order chi connectivity index (χ1) is 9.04. The van der Waals surface area contributed by atoms with E-state index in [9.17, 15) is 9.18 Å². The van der Waals surface area contributed by atoms with E-state index in [1.165, 1.54) is 6.08 Å². The molecular formula is C14H15Cl2FO2. The quantitative estimate of drug-likeness (QED) is 0.741. The highest BCUT2D eigenvalue weighted by atomic mass is 35.5. The summed E-state index contributed by atoms with van der Waals surface area (Å²) in [5.74, 6) is -1.75. The van der Waals surface area contributed by atoms with Crippen molar-refractivity contribution >= 4 is 29.2 Å². The fourth-order valence-corrected chi connectivity index (χ4v) is 1.93. The van der Waals surface area contributed by atoms with Crippen LogP contribution in [0.5, 0.6) is 0 Å². The molecule has 0 aliphatic heterocycles. The van der Waals surface area contributed by atoms with Crippen LogP contribution in [0.25, 0.3) is 0 Å². The summed E-state index contributed by atoms with van der Waals surface area (Å²) in [4.78, 5) is 11.7. The van der Waals surface area contributed by atoms with Gasteiger partial charge >= 0.3 is 5.97 Å². The molecule has 0 bridgehead atoms. The van der Waals surface area contributed by atoms with Gasteiger partial charge in [0.05, 0.1) is 6.61 Å². The monoisotopic (exact) mass is 304 g/mol. The molecule has 0 saturated carbocycles. The first kappa shape index (κ1) is 16.0. The van der Waals surface area contributed by atoms with Gasteiger partial charge in [-0.3, -0.25) is 4.79 Å². The summed E-state index contributed by atoms with van der Waals surface area (Å²) in [6.45, 7) is 1.84. The molecule has 0 fully saturated rings. The van der Waals surface area contributed by atoms with E-state index in [0.29, 0.717) is 0 Å². The number of carbonyl (C=O) groups excluding carboxylic acids is 1. The summed E-state index contributed by atoms with van der Waals surface area (Å²) in [5, 5.41) is 0. The number of esters is 1. The van der Waals surface area contributed by atoms with Crippen LogP contribution in [0.3, 0.4) is 0 Å². The van der Waals surface area contributed by atoms with Crippen LogP contribution in [0, 0.1) is 5.92 Å². The fourth-order valence-electron chi connectivity index (χ4n) is 1.66. The number of halogens is 3. The summed E-state index contributed by atoms with van der Waals surface area (Å²) >= 11 is 11.0. The zero-order chi connectivity index (χ0) is 14.3. The normalized spacial score (nSPS) is 13.5. The molecule has 0 heterocycles. The highest BCUT2D eigenvalue weighted by Crippen LogP contribution is 2.21. The van der Waals surface area contributed by atoms with Gasteiger partial charge in [0.2, 0.25) is 0 Å². The van der Waals surface area contributed by atoms with Crippen molar-refractivity contribution in [3.8, 4) is 0 Å². The van der Waals surface area contributed by atoms with E-state index in [-0.39, 0.29) is 17.5 Å². The van der Waals surface area contributed by atoms with Crippen LogP contribution < -0.4 is 0 Å². The molecule has 0 aromatic heterocycles. The second-order valence-corrected chi connectivity index (χ2v) is 4.95. The number of benzene rings is 1. The number of alkyl halides is 1. The molecule has 2 atom stereocenters. The molecule has 0 spiro atoms. The first-order valence-electron chi connectivity index (χ1n) is 5.92. The summed E-state index contributed by atoms with van der Waals surface area (Å²) < 4.78 is 18.9. The van der Waals surface area contributed by atoms with Crippen LogP contribution in [-0.2, 0) is 16.0 Å². The van der Waals surface area contributed by atoms with Crippen LogP contribution in [0.15, 0.2) is 40.9 Å². The smallest absolute Gasteiger partial charge is 0.315 e. The minimum absolute atomic E-state index is 0.0991. The van der Waals surface area contributed by atoms with Crippen molar-refractivity contribution in [2.45, 2.75) is 19.5 Å². The molecule has 0 saturated heterocycles. The molecule has 1 aromatic rings. The number of ether oxygens (including phenoxy) is 1. The molecule has 1 rings (SSSR count). The van der Waals surface area contributed by atoms with Crippen molar-refractivity contribution in [3.63, 3.8) is 0 Å². The van der Waals surface area contributed by atoms with Crippen molar-refractivity contribution in [1.82, 2.24) is 0 Å². The average molecular weight is 305 g/mol. The second-order valence-electron chi connectivity index (χ2n) is 3.94. The number of hydrogen-bond donors (Lipinski definition) is 0. The van der Waals surface area contributed by atoms with Gasteiger partial charge in [-0.25, -0.2) is 4.39 Å². The van der Waals surface area contributed by atoms with Gasteiger partial charge < -0.3 is 4.74 Å². The second kappa shape index (κ2) is 8.18. The van der Waals surface area contributed by atoms with Crippen LogP contribution >= 0.6 is 23.2 Å². The van der Waals surface area contributed by atoms with E-state index >= 15 is 0 Å². The third-order valence-electron chi connectivity index (χ3n) is 2.53. The lowest BCUT2D eigenvalue weighted by Gasteiger charge is -2.16. The van der Waals surface area contributed by atoms with Crippen molar-refractivity contribution < 1.29 is 13.9 Å². The lowest BCUT2D eigenvalue weighted by molar-refractivity contribution is -0.148. The third kappa shape index (κ3) is 5.62. The van der Waals surface area contributed by atoms with Crippen molar-refractivity contribution in [3.05, 3.63) is 46.5 Å². The predicted octanol–water partition coefficient (Wildman–Crippen LogP) is 4.07. The molecule has 19 heavy (non-hydrogen) atoms. The Bertz CT molecular complexity index is 430. The van der Waals surface area contributed by atoms with Gasteiger partial charge in [0, 0.05) is 6.42 Å². The molecule has 5 heteroatoms. The van der Waals surface area contributed by atoms with Gasteiger partial charge in [0.1, 0.15) is 16.6 Å². The van der Waals surface area contributed by atoms with Crippen LogP contribution in [-0.4, -0.2) is 18.7 Å². The Hall–Kier alpha value is -1.06. The Morgan fingerprint density at radius 1 is 1.37 bits per heavy atom. The average Bonchev–Trinajstić information content (AvgIpc) is 2.37. The standard InChI is InChI=1S/C14H15Cl2FO2/c1-2-19-14(18)11(9-13(15)16)12(17)8-10-6-4-3-5-7-10/h3-7,9,11-12H,2,8H2,1H3/t11-,12-/m0/s1. The predicted molar refractivity (Wildman–Crippen MR) is 75.0 cm³/mol. The van der Waals surface area contributed by atoms with E-state index in [1.54, 1.807) is 19.1 Å². The lowest BCUT2D eigenvalue weighted by Crippen LogP contribution is -2.27. The maximum atomic E-state index is 14.2. The van der Waals surface area contributed by atoms with Crippen LogP contribution in [0.4, 0.5) is 4.39 Å². The Morgan fingerprint density at radius 2 is 2.00 bits per heavy atom. The SMILES string of the molecule is CCOC(=O)[C@@H](C=C(Cl)Cl)[C@@H](F)Cc1ccccc1. The Morgan fingerprint density at radius 3 is 2.53 bits per heavy atom. The molecule has 0 aliphatic rings. The van der Waals surface area contributed by atoms with E-state index in [1.807, 2.05) is 18.2 Å². The summed E-state index contributed by atoms with van der Waals surface area (Å²) in [7, 11) is 0.